The third kappa shape index (κ3) is 76.9. The van der Waals surface area contributed by atoms with Crippen LogP contribution in [0.15, 0.2) is 0 Å². The van der Waals surface area contributed by atoms with E-state index in [-0.39, 0.29) is 234 Å². The quantitative estimate of drug-likeness (QED) is 0.119. The molecule has 12 fully saturated rings. The van der Waals surface area contributed by atoms with Crippen LogP contribution in [0.3, 0.4) is 0 Å². The van der Waals surface area contributed by atoms with Gasteiger partial charge in [-0.15, -0.1) is 0 Å². The van der Waals surface area contributed by atoms with Crippen molar-refractivity contribution in [1.82, 2.24) is 84.5 Å². The molecule has 12 aliphatic rings. The number of hydrogen-bond donors (Lipinski definition) is 5. The zero-order valence-corrected chi connectivity index (χ0v) is 82.7. The average molecular weight is 2030 g/mol. The second-order valence-corrected chi connectivity index (χ2v) is 26.9. The summed E-state index contributed by atoms with van der Waals surface area (Å²) < 4.78 is 9.00. The minimum atomic E-state index is -0.833. The molecule has 12 rings (SSSR count). The van der Waals surface area contributed by atoms with Crippen molar-refractivity contribution in [2.75, 3.05) is 244 Å². The Labute approximate surface area is 843 Å². The van der Waals surface area contributed by atoms with E-state index in [2.05, 4.69) is 64.1 Å². The molecule has 12 aliphatic heterocycles. The molecule has 0 aliphatic carbocycles. The van der Waals surface area contributed by atoms with Gasteiger partial charge in [-0.1, -0.05) is 158 Å². The van der Waals surface area contributed by atoms with Crippen LogP contribution in [0.5, 0.6) is 0 Å². The Balaban J connectivity index is -0.0000000631. The molecule has 0 atom stereocenters. The number of nitrogens with zero attached hydrogens (tertiary/aromatic N) is 14. The predicted molar refractivity (Wildman–Crippen MR) is 509 cm³/mol. The van der Waals surface area contributed by atoms with Gasteiger partial charge in [0.25, 0.3) is 5.97 Å². The van der Waals surface area contributed by atoms with Gasteiger partial charge in [0.05, 0.1) is 39.3 Å². The molecule has 4 radical (unpaired) electrons. The zero-order valence-electron chi connectivity index (χ0n) is 74.1. The topological polar surface area (TPSA) is 362 Å². The normalized spacial score (nSPS) is 17.3. The smallest absolute Gasteiger partial charge is 0.484 e. The summed E-state index contributed by atoms with van der Waals surface area (Å²) in [5, 5.41) is 24.4. The van der Waals surface area contributed by atoms with E-state index in [1.807, 2.05) is 109 Å². The number of nitrogens with one attached hydrogen (secondary N) is 3. The minimum absolute atomic E-state index is 0. The maximum Gasteiger partial charge on any atom is 0.484 e. The van der Waals surface area contributed by atoms with Crippen LogP contribution in [0.2, 0.25) is 0 Å². The SMILES string of the molecule is C.C.C.C.C.C.C.C.C.C.C.CC.CC.CC.CC.CC.CC(=O)N1CC(=O)C1.CC(=O)N1CC(N2CCN(C)CC2)C1.CC(=O)N1CC(N2CCN([C-]=O)CC2)C1.CC(=O)N1CC(N2CCNCC2)C1.CC(=O)O.CC(C)(C)OC(=O)N1CC(=O)C1.CCC(=O)N1CC(N2CCN([C-]=O)CC2)C1.CN1CCNCC1.CO[B]O.C[C-]=O.O=C1CNC1.[Y].[Y].[Y]. The molecule has 8 amide bonds. The van der Waals surface area contributed by atoms with Crippen molar-refractivity contribution >= 4 is 85.7 Å². The van der Waals surface area contributed by atoms with Gasteiger partial charge in [-0.25, -0.2) is 4.79 Å². The predicted octanol–water partition coefficient (Wildman–Crippen LogP) is 7.17. The Morgan fingerprint density at radius 1 is 0.408 bits per heavy atom. The van der Waals surface area contributed by atoms with Gasteiger partial charge in [0, 0.05) is 354 Å². The van der Waals surface area contributed by atoms with Crippen LogP contribution in [-0.2, 0) is 165 Å². The van der Waals surface area contributed by atoms with Crippen molar-refractivity contribution in [2.24, 2.45) is 0 Å². The molecule has 0 spiro atoms. The maximum absolute atomic E-state index is 11.4. The van der Waals surface area contributed by atoms with Crippen LogP contribution in [-0.4, -0.2) is 438 Å². The van der Waals surface area contributed by atoms with Crippen LogP contribution in [0.4, 0.5) is 4.79 Å². The fourth-order valence-corrected chi connectivity index (χ4v) is 11.0. The van der Waals surface area contributed by atoms with Gasteiger partial charge in [-0.05, 0) is 34.9 Å². The molecule has 38 heteroatoms. The summed E-state index contributed by atoms with van der Waals surface area (Å²) in [6, 6.07) is 2.27. The third-order valence-electron chi connectivity index (χ3n) is 17.7. The molecule has 0 bridgehead atoms. The van der Waals surface area contributed by atoms with Gasteiger partial charge in [0.2, 0.25) is 29.5 Å². The zero-order chi connectivity index (χ0) is 85.8. The van der Waals surface area contributed by atoms with Gasteiger partial charge >= 0.3 is 13.8 Å². The molecule has 34 nitrogen and oxygen atoms in total. The number of likely N-dealkylation sites (N-methyl/N-ethyl adjacent to an activating group) is 2. The number of Topliss-reactive ketones (excluding diaryl/α,β-unsaturated/α-hetero) is 3. The fourth-order valence-electron chi connectivity index (χ4n) is 11.0. The van der Waals surface area contributed by atoms with E-state index in [1.165, 1.54) is 50.1 Å². The van der Waals surface area contributed by atoms with Crippen molar-refractivity contribution in [3.05, 3.63) is 0 Å². The second-order valence-electron chi connectivity index (χ2n) is 26.9. The van der Waals surface area contributed by atoms with E-state index in [9.17, 15) is 52.7 Å². The first-order valence-electron chi connectivity index (χ1n) is 39.8. The van der Waals surface area contributed by atoms with Crippen molar-refractivity contribution in [2.45, 2.75) is 256 Å². The largest absolute Gasteiger partial charge is 0.542 e. The van der Waals surface area contributed by atoms with Crippen LogP contribution in [0, 0.1) is 0 Å². The number of aliphatic carboxylic acids is 1. The Bertz CT molecular complexity index is 2540. The number of carbonyl (C=O) groups excluding carboxylic acids is 12. The molecular weight excluding hydrogens is 1830 g/mol. The monoisotopic (exact) mass is 2030 g/mol. The maximum atomic E-state index is 11.4. The van der Waals surface area contributed by atoms with E-state index in [4.69, 9.17) is 24.5 Å². The van der Waals surface area contributed by atoms with Crippen LogP contribution in [0.1, 0.15) is 227 Å². The molecule has 0 unspecified atom stereocenters. The second kappa shape index (κ2) is 101. The molecule has 0 aromatic carbocycles. The summed E-state index contributed by atoms with van der Waals surface area (Å²) in [5.41, 5.74) is -0.476. The number of carboxylic acids is 1. The number of carboxylic acid groups (broad SMARTS) is 1. The van der Waals surface area contributed by atoms with Gasteiger partial charge in [-0.3, -0.25) is 73.9 Å². The minimum Gasteiger partial charge on any atom is -0.542 e. The number of piperazine rings is 5. The fraction of sp³-hybridized carbons (Fsp3) is 0.851. The Hall–Kier alpha value is -3.35. The van der Waals surface area contributed by atoms with Crippen LogP contribution >= 0.6 is 0 Å². The number of rotatable bonds is 8. The summed E-state index contributed by atoms with van der Waals surface area (Å²) in [4.78, 5) is 163. The number of amides is 8. The summed E-state index contributed by atoms with van der Waals surface area (Å²) in [6.07, 6.45) is 5.54. The molecule has 0 saturated carbocycles. The average Bonchev–Trinajstić information content (AvgIpc) is 0.820. The first-order chi connectivity index (χ1) is 52.8. The van der Waals surface area contributed by atoms with Gasteiger partial charge < -0.3 is 94.0 Å². The number of ether oxygens (including phenoxy) is 1. The van der Waals surface area contributed by atoms with Crippen LogP contribution < -0.4 is 16.0 Å². The van der Waals surface area contributed by atoms with Gasteiger partial charge in [0.1, 0.15) is 5.60 Å². The molecule has 0 aromatic rings. The molecular formula is C87H192BN17O17Y3-3. The van der Waals surface area contributed by atoms with E-state index in [0.717, 1.165) is 177 Å². The Morgan fingerprint density at radius 2 is 0.632 bits per heavy atom. The van der Waals surface area contributed by atoms with E-state index in [1.54, 1.807) is 51.3 Å². The molecule has 12 heterocycles. The standard InChI is InChI=1S/C11H18N3O2.C10H16N3O2.C10H19N3O.C9H17N3O.C8H13NO3.C5H12N2.C5H7NO2.C3H5NO.C2H4O2.C2H3O.5C2H6.CH4BO2.11CH4.3Y/c1-2-11(16)14-7-10(8-14)13-5-3-12(9-15)4-6-13;1-9(15)13-6-10(7-13)12-4-2-11(8-14)3-5-12;1-9(14)13-7-10(8-13)12-5-3-11(2)4-6-12;1-8(13)12-6-9(7-12)11-4-2-10-3-5-11;1-8(2,3)12-7(11)9-4-6(10)5-9;1-7-4-2-6-3-5-7;1-4(7)6-2-5(8)3-6;5-3-1-4-2-3;1-2(3)4;1-2-3;5*1-2;1-4-2-3;;;;;;;;;;;;;;/h10H,2-8H2,1H3;10H,2-7H2,1H3;10H,3-8H2,1-2H3;9-10H,2-7H2,1H3;4-5H2,1-3H3;6H,2-5H2,1H3;2-3H2,1H3;4H,1-2H2;1H3,(H,3,4);1H3;5*1-2H3;3H,1H3;11*1H4;;;/q2*-1;;;;;;;;-1;;;;;;;;;;;;;;;;;;;;. The number of hydrogen-bond acceptors (Lipinski definition) is 25. The van der Waals surface area contributed by atoms with E-state index in [0.29, 0.717) is 70.2 Å². The summed E-state index contributed by atoms with van der Waals surface area (Å²) in [7, 11) is 6.32. The molecule has 0 aromatic heterocycles. The first-order valence-corrected chi connectivity index (χ1v) is 39.8. The summed E-state index contributed by atoms with van der Waals surface area (Å²) in [6.45, 7) is 66.0. The Kier molecular flexibility index (Phi) is 133. The summed E-state index contributed by atoms with van der Waals surface area (Å²) in [5.74, 6) is 0.555. The first kappa shape index (κ1) is 165. The molecule has 125 heavy (non-hydrogen) atoms. The number of likely N-dealkylation sites (tertiary alicyclic amines) is 6. The molecule has 742 valence electrons. The molecule has 5 N–H and O–H groups in total. The molecule has 12 saturated heterocycles. The Morgan fingerprint density at radius 3 is 0.816 bits per heavy atom. The van der Waals surface area contributed by atoms with Gasteiger partial charge in [-0.2, -0.15) is 19.7 Å². The van der Waals surface area contributed by atoms with Crippen molar-refractivity contribution in [1.29, 1.82) is 0 Å². The van der Waals surface area contributed by atoms with Crippen LogP contribution in [0.25, 0.3) is 0 Å². The van der Waals surface area contributed by atoms with Crippen molar-refractivity contribution in [3.63, 3.8) is 0 Å². The van der Waals surface area contributed by atoms with E-state index < -0.39 is 17.7 Å². The van der Waals surface area contributed by atoms with E-state index >= 15 is 0 Å². The van der Waals surface area contributed by atoms with Crippen molar-refractivity contribution < 1.29 is 180 Å². The number of carbonyl (C=O) groups is 10. The summed E-state index contributed by atoms with van der Waals surface area (Å²) >= 11 is 0. The third-order valence-corrected chi connectivity index (χ3v) is 17.7. The van der Waals surface area contributed by atoms with Crippen molar-refractivity contribution in [3.8, 4) is 0 Å². The number of ketones is 3. The van der Waals surface area contributed by atoms with Gasteiger partial charge in [0.15, 0.2) is 17.3 Å².